The summed E-state index contributed by atoms with van der Waals surface area (Å²) in [5, 5.41) is 32.2. The molecule has 3 rings (SSSR count). The number of anilines is 1. The smallest absolute Gasteiger partial charge is 0.322 e. The number of amides is 2. The van der Waals surface area contributed by atoms with Crippen molar-refractivity contribution in [3.8, 4) is 0 Å². The highest BCUT2D eigenvalue weighted by molar-refractivity contribution is 6.20. The van der Waals surface area contributed by atoms with Gasteiger partial charge >= 0.3 is 5.97 Å². The fourth-order valence-corrected chi connectivity index (χ4v) is 2.81. The van der Waals surface area contributed by atoms with E-state index in [4.69, 9.17) is 5.11 Å². The van der Waals surface area contributed by atoms with Gasteiger partial charge in [0.05, 0.1) is 6.54 Å². The fraction of sp³-hybridized carbons (Fsp3) is 0.158. The Morgan fingerprint density at radius 1 is 1.10 bits per heavy atom. The van der Waals surface area contributed by atoms with Crippen molar-refractivity contribution in [3.05, 3.63) is 71.7 Å². The molecule has 0 saturated carbocycles. The van der Waals surface area contributed by atoms with Gasteiger partial charge in [-0.2, -0.15) is 0 Å². The highest BCUT2D eigenvalue weighted by atomic mass is 16.4. The van der Waals surface area contributed by atoms with Crippen molar-refractivity contribution in [1.29, 1.82) is 0 Å². The summed E-state index contributed by atoms with van der Waals surface area (Å²) in [6, 6.07) is 13.4. The molecule has 4 N–H and O–H groups in total. The first kappa shape index (κ1) is 19.8. The topological polar surface area (TPSA) is 143 Å². The zero-order valence-corrected chi connectivity index (χ0v) is 15.1. The number of benzene rings is 1. The quantitative estimate of drug-likeness (QED) is 0.505. The van der Waals surface area contributed by atoms with Gasteiger partial charge in [0.1, 0.15) is 12.4 Å². The summed E-state index contributed by atoms with van der Waals surface area (Å²) in [6.45, 7) is -0.805. The van der Waals surface area contributed by atoms with Crippen molar-refractivity contribution in [1.82, 2.24) is 15.2 Å². The number of carbonyl (C=O) groups excluding carboxylic acids is 2. The van der Waals surface area contributed by atoms with Gasteiger partial charge in [0.25, 0.3) is 11.8 Å². The van der Waals surface area contributed by atoms with Gasteiger partial charge in [-0.1, -0.05) is 36.4 Å². The van der Waals surface area contributed by atoms with E-state index in [1.165, 1.54) is 12.3 Å². The molecular formula is C19H18N4O6. The molecule has 1 unspecified atom stereocenters. The number of carboxylic acids is 1. The molecule has 1 atom stereocenters. The second kappa shape index (κ2) is 8.40. The van der Waals surface area contributed by atoms with Crippen LogP contribution in [0.3, 0.4) is 0 Å². The van der Waals surface area contributed by atoms with Gasteiger partial charge in [-0.05, 0) is 17.7 Å². The van der Waals surface area contributed by atoms with Crippen LogP contribution < -0.4 is 10.2 Å². The van der Waals surface area contributed by atoms with E-state index < -0.39 is 42.1 Å². The van der Waals surface area contributed by atoms with Crippen LogP contribution in [0.25, 0.3) is 0 Å². The van der Waals surface area contributed by atoms with Crippen LogP contribution in [0.5, 0.6) is 0 Å². The van der Waals surface area contributed by atoms with Gasteiger partial charge < -0.3 is 20.6 Å². The van der Waals surface area contributed by atoms with Gasteiger partial charge in [0, 0.05) is 6.20 Å². The summed E-state index contributed by atoms with van der Waals surface area (Å²) >= 11 is 0. The van der Waals surface area contributed by atoms with Crippen LogP contribution in [0.4, 0.5) is 5.82 Å². The molecule has 0 saturated heterocycles. The van der Waals surface area contributed by atoms with Gasteiger partial charge in [-0.25, -0.2) is 4.98 Å². The molecule has 0 spiro atoms. The van der Waals surface area contributed by atoms with Gasteiger partial charge in [-0.3, -0.25) is 24.2 Å². The minimum Gasteiger partial charge on any atom is -0.494 e. The lowest BCUT2D eigenvalue weighted by Gasteiger charge is -2.40. The first-order valence-electron chi connectivity index (χ1n) is 8.56. The van der Waals surface area contributed by atoms with E-state index in [-0.39, 0.29) is 12.4 Å². The van der Waals surface area contributed by atoms with Crippen molar-refractivity contribution in [2.45, 2.75) is 12.9 Å². The van der Waals surface area contributed by atoms with Crippen LogP contribution in [-0.2, 0) is 20.9 Å². The Kier molecular flexibility index (Phi) is 5.74. The highest BCUT2D eigenvalue weighted by Gasteiger charge is 2.43. The Morgan fingerprint density at radius 3 is 2.41 bits per heavy atom. The zero-order chi connectivity index (χ0) is 21.0. The number of carboxylic acid groups (broad SMARTS) is 1. The molecule has 2 amide bonds. The maximum atomic E-state index is 12.9. The molecule has 0 radical (unpaired) electrons. The van der Waals surface area contributed by atoms with Crippen molar-refractivity contribution in [2.24, 2.45) is 0 Å². The van der Waals surface area contributed by atoms with Crippen molar-refractivity contribution < 1.29 is 29.7 Å². The predicted octanol–water partition coefficient (Wildman–Crippen LogP) is 0.177. The predicted molar refractivity (Wildman–Crippen MR) is 100 cm³/mol. The van der Waals surface area contributed by atoms with Gasteiger partial charge in [0.2, 0.25) is 12.2 Å². The van der Waals surface area contributed by atoms with Crippen LogP contribution in [0.15, 0.2) is 66.2 Å². The molecule has 1 aromatic heterocycles. The summed E-state index contributed by atoms with van der Waals surface area (Å²) in [4.78, 5) is 42.0. The molecule has 1 aliphatic heterocycles. The number of aliphatic hydroxyl groups is 2. The molecule has 29 heavy (non-hydrogen) atoms. The first-order chi connectivity index (χ1) is 13.9. The molecular weight excluding hydrogens is 380 g/mol. The third-order valence-corrected chi connectivity index (χ3v) is 4.16. The second-order valence-corrected chi connectivity index (χ2v) is 6.10. The fourth-order valence-electron chi connectivity index (χ4n) is 2.81. The van der Waals surface area contributed by atoms with Crippen LogP contribution in [0.2, 0.25) is 0 Å². The summed E-state index contributed by atoms with van der Waals surface area (Å²) in [5.74, 6) is -4.08. The molecule has 10 heteroatoms. The molecule has 0 fully saturated rings. The Hall–Kier alpha value is -3.92. The number of aromatic nitrogens is 1. The van der Waals surface area contributed by atoms with Crippen molar-refractivity contribution in [3.63, 3.8) is 0 Å². The standard InChI is InChI=1S/C19H18N4O6/c24-14(25)10-21-16(26)15-17(27)22(11-12-6-2-1-3-7-12)19(29)23(18(15)28)13-8-4-5-9-20-13/h1-9,19,28-29H,10-11H2,(H,21,26)(H,24,25). The van der Waals surface area contributed by atoms with E-state index in [9.17, 15) is 24.6 Å². The molecule has 1 aromatic carbocycles. The Morgan fingerprint density at radius 2 is 1.79 bits per heavy atom. The molecule has 0 bridgehead atoms. The molecule has 0 aliphatic carbocycles. The van der Waals surface area contributed by atoms with Crippen LogP contribution in [-0.4, -0.2) is 55.9 Å². The molecule has 2 aromatic rings. The molecule has 10 nitrogen and oxygen atoms in total. The molecule has 150 valence electrons. The minimum atomic E-state index is -1.64. The summed E-state index contributed by atoms with van der Waals surface area (Å²) < 4.78 is 0. The number of rotatable bonds is 6. The maximum Gasteiger partial charge on any atom is 0.322 e. The number of carbonyl (C=O) groups is 3. The van der Waals surface area contributed by atoms with E-state index in [0.29, 0.717) is 5.56 Å². The van der Waals surface area contributed by atoms with Crippen molar-refractivity contribution in [2.75, 3.05) is 11.4 Å². The third-order valence-electron chi connectivity index (χ3n) is 4.16. The van der Waals surface area contributed by atoms with Crippen molar-refractivity contribution >= 4 is 23.6 Å². The normalized spacial score (nSPS) is 16.7. The number of nitrogens with one attached hydrogen (secondary N) is 1. The van der Waals surface area contributed by atoms with E-state index in [1.807, 2.05) is 0 Å². The average molecular weight is 398 g/mol. The monoisotopic (exact) mass is 398 g/mol. The van der Waals surface area contributed by atoms with E-state index in [2.05, 4.69) is 10.3 Å². The van der Waals surface area contributed by atoms with Crippen LogP contribution in [0.1, 0.15) is 5.56 Å². The summed E-state index contributed by atoms with van der Waals surface area (Å²) in [6.07, 6.45) is -0.231. The number of nitrogens with zero attached hydrogens (tertiary/aromatic N) is 3. The third kappa shape index (κ3) is 4.17. The number of hydrogen-bond acceptors (Lipinski definition) is 7. The van der Waals surface area contributed by atoms with Gasteiger partial charge in [-0.15, -0.1) is 0 Å². The van der Waals surface area contributed by atoms with E-state index >= 15 is 0 Å². The lowest BCUT2D eigenvalue weighted by molar-refractivity contribution is -0.144. The molecule has 2 heterocycles. The number of pyridine rings is 1. The summed E-state index contributed by atoms with van der Waals surface area (Å²) in [5.41, 5.74) is -0.0225. The Labute approximate surface area is 165 Å². The lowest BCUT2D eigenvalue weighted by atomic mass is 10.1. The second-order valence-electron chi connectivity index (χ2n) is 6.10. The largest absolute Gasteiger partial charge is 0.494 e. The van der Waals surface area contributed by atoms with Crippen LogP contribution >= 0.6 is 0 Å². The van der Waals surface area contributed by atoms with E-state index in [1.54, 1.807) is 42.5 Å². The summed E-state index contributed by atoms with van der Waals surface area (Å²) in [7, 11) is 0. The number of aliphatic hydroxyl groups excluding tert-OH is 2. The van der Waals surface area contributed by atoms with Gasteiger partial charge in [0.15, 0.2) is 5.57 Å². The number of aliphatic carboxylic acids is 1. The highest BCUT2D eigenvalue weighted by Crippen LogP contribution is 2.28. The minimum absolute atomic E-state index is 0.0623. The SMILES string of the molecule is O=C(O)CNC(=O)C1=C(O)N(c2ccccn2)C(O)N(Cc2ccccc2)C1=O. The number of hydrogen-bond donors (Lipinski definition) is 4. The zero-order valence-electron chi connectivity index (χ0n) is 15.1. The Bertz CT molecular complexity index is 948. The molecule has 1 aliphatic rings. The maximum absolute atomic E-state index is 12.9. The van der Waals surface area contributed by atoms with Crippen LogP contribution in [0, 0.1) is 0 Å². The Balaban J connectivity index is 2.03. The lowest BCUT2D eigenvalue weighted by Crippen LogP contribution is -2.57. The van der Waals surface area contributed by atoms with E-state index in [0.717, 1.165) is 9.80 Å². The average Bonchev–Trinajstić information content (AvgIpc) is 2.71. The first-order valence-corrected chi connectivity index (χ1v) is 8.56.